The normalized spacial score (nSPS) is 20.4. The third-order valence-corrected chi connectivity index (χ3v) is 6.67. The lowest BCUT2D eigenvalue weighted by molar-refractivity contribution is -0.124. The first-order valence-electron chi connectivity index (χ1n) is 11.8. The van der Waals surface area contributed by atoms with Crippen LogP contribution in [0.25, 0.3) is 0 Å². The van der Waals surface area contributed by atoms with E-state index in [-0.39, 0.29) is 17.9 Å². The number of carbonyl (C=O) groups excluding carboxylic acids is 2. The molecule has 2 fully saturated rings. The number of imide groups is 1. The lowest BCUT2D eigenvalue weighted by Gasteiger charge is -2.33. The summed E-state index contributed by atoms with van der Waals surface area (Å²) in [6.07, 6.45) is 11.2. The van der Waals surface area contributed by atoms with Crippen molar-refractivity contribution in [3.05, 3.63) is 0 Å². The zero-order valence-electron chi connectivity index (χ0n) is 18.5. The van der Waals surface area contributed by atoms with Gasteiger partial charge >= 0.3 is 6.03 Å². The van der Waals surface area contributed by atoms with E-state index in [4.69, 9.17) is 0 Å². The average Bonchev–Trinajstić information content (AvgIpc) is 2.70. The molecule has 1 atom stereocenters. The molecule has 0 aliphatic carbocycles. The summed E-state index contributed by atoms with van der Waals surface area (Å²) in [4.78, 5) is 27.0. The van der Waals surface area contributed by atoms with E-state index in [2.05, 4.69) is 31.4 Å². The molecular weight excluding hydrogens is 350 g/mol. The van der Waals surface area contributed by atoms with Gasteiger partial charge in [-0.05, 0) is 69.4 Å². The van der Waals surface area contributed by atoms with Crippen LogP contribution in [0, 0.1) is 23.7 Å². The summed E-state index contributed by atoms with van der Waals surface area (Å²) >= 11 is 0. The second-order valence-corrected chi connectivity index (χ2v) is 9.45. The molecule has 0 aromatic rings. The van der Waals surface area contributed by atoms with Crippen LogP contribution in [0.5, 0.6) is 0 Å². The van der Waals surface area contributed by atoms with Crippen molar-refractivity contribution in [1.29, 1.82) is 0 Å². The second-order valence-electron chi connectivity index (χ2n) is 9.45. The van der Waals surface area contributed by atoms with Gasteiger partial charge in [-0.25, -0.2) is 4.79 Å². The van der Waals surface area contributed by atoms with Crippen LogP contribution in [0.15, 0.2) is 0 Å². The van der Waals surface area contributed by atoms with E-state index in [0.717, 1.165) is 63.5 Å². The van der Waals surface area contributed by atoms with Crippen LogP contribution in [0.2, 0.25) is 0 Å². The second kappa shape index (κ2) is 12.5. The zero-order chi connectivity index (χ0) is 20.4. The summed E-state index contributed by atoms with van der Waals surface area (Å²) in [5.41, 5.74) is 0. The maximum atomic E-state index is 12.6. The van der Waals surface area contributed by atoms with Crippen molar-refractivity contribution in [3.63, 3.8) is 0 Å². The molecule has 28 heavy (non-hydrogen) atoms. The predicted molar refractivity (Wildman–Crippen MR) is 115 cm³/mol. The van der Waals surface area contributed by atoms with Crippen LogP contribution in [0.4, 0.5) is 4.79 Å². The van der Waals surface area contributed by atoms with Crippen molar-refractivity contribution in [2.24, 2.45) is 23.7 Å². The Kier molecular flexibility index (Phi) is 10.3. The number of hydrogen-bond donors (Lipinski definition) is 2. The first kappa shape index (κ1) is 23.2. The van der Waals surface area contributed by atoms with Crippen LogP contribution in [0.3, 0.4) is 0 Å². The molecule has 5 heteroatoms. The molecule has 2 saturated heterocycles. The highest BCUT2D eigenvalue weighted by molar-refractivity contribution is 5.95. The number of rotatable bonds is 9. The molecule has 0 aromatic heterocycles. The highest BCUT2D eigenvalue weighted by Gasteiger charge is 2.27. The van der Waals surface area contributed by atoms with E-state index in [9.17, 15) is 9.59 Å². The topological polar surface area (TPSA) is 61.4 Å². The number of nitrogens with zero attached hydrogens (tertiary/aromatic N) is 1. The fourth-order valence-electron chi connectivity index (χ4n) is 4.64. The molecule has 3 amide bonds. The summed E-state index contributed by atoms with van der Waals surface area (Å²) in [5, 5.41) is 6.13. The van der Waals surface area contributed by atoms with E-state index in [1.165, 1.54) is 38.8 Å². The largest absolute Gasteiger partial charge is 0.324 e. The van der Waals surface area contributed by atoms with Gasteiger partial charge in [0, 0.05) is 19.0 Å². The molecule has 0 spiro atoms. The van der Waals surface area contributed by atoms with Gasteiger partial charge in [-0.2, -0.15) is 0 Å². The molecule has 2 aliphatic rings. The van der Waals surface area contributed by atoms with E-state index in [1.54, 1.807) is 0 Å². The quantitative estimate of drug-likeness (QED) is 0.603. The maximum absolute atomic E-state index is 12.6. The molecule has 162 valence electrons. The minimum atomic E-state index is -0.174. The number of nitrogens with one attached hydrogen (secondary N) is 2. The van der Waals surface area contributed by atoms with Gasteiger partial charge in [-0.3, -0.25) is 10.1 Å². The van der Waals surface area contributed by atoms with Crippen LogP contribution in [0.1, 0.15) is 85.0 Å². The van der Waals surface area contributed by atoms with Gasteiger partial charge in [-0.15, -0.1) is 0 Å². The standard InChI is InChI=1S/C23H43N3O2/c1-4-5-21(9-6-18(2)3)22(27)25-23(28)26-16-12-20(13-17-26)8-7-19-10-14-24-15-11-19/h18-21,24H,4-17H2,1-3H3,(H,25,27,28)/t21-/m0/s1. The Balaban J connectivity index is 1.69. The van der Waals surface area contributed by atoms with Gasteiger partial charge in [0.2, 0.25) is 5.91 Å². The highest BCUT2D eigenvalue weighted by atomic mass is 16.2. The first-order valence-corrected chi connectivity index (χ1v) is 11.8. The molecule has 0 aromatic carbocycles. The number of piperidine rings is 2. The smallest absolute Gasteiger partial charge is 0.324 e. The molecule has 0 saturated carbocycles. The Bertz CT molecular complexity index is 466. The summed E-state index contributed by atoms with van der Waals surface area (Å²) < 4.78 is 0. The monoisotopic (exact) mass is 393 g/mol. The Morgan fingerprint density at radius 1 is 0.964 bits per heavy atom. The molecule has 0 unspecified atom stereocenters. The van der Waals surface area contributed by atoms with Crippen molar-refractivity contribution in [2.45, 2.75) is 85.0 Å². The van der Waals surface area contributed by atoms with E-state index in [0.29, 0.717) is 5.92 Å². The molecule has 5 nitrogen and oxygen atoms in total. The Morgan fingerprint density at radius 2 is 1.57 bits per heavy atom. The maximum Gasteiger partial charge on any atom is 0.324 e. The minimum Gasteiger partial charge on any atom is -0.324 e. The highest BCUT2D eigenvalue weighted by Crippen LogP contribution is 2.27. The van der Waals surface area contributed by atoms with Gasteiger partial charge in [0.05, 0.1) is 0 Å². The summed E-state index contributed by atoms with van der Waals surface area (Å²) in [7, 11) is 0. The van der Waals surface area contributed by atoms with Gasteiger partial charge in [0.25, 0.3) is 0 Å². The molecule has 2 heterocycles. The lowest BCUT2D eigenvalue weighted by atomic mass is 9.85. The summed E-state index contributed by atoms with van der Waals surface area (Å²) in [5.74, 6) is 2.13. The van der Waals surface area contributed by atoms with E-state index in [1.807, 2.05) is 4.90 Å². The van der Waals surface area contributed by atoms with Gasteiger partial charge in [-0.1, -0.05) is 46.5 Å². The van der Waals surface area contributed by atoms with Crippen LogP contribution < -0.4 is 10.6 Å². The molecule has 2 aliphatic heterocycles. The third kappa shape index (κ3) is 8.10. The van der Waals surface area contributed by atoms with Crippen LogP contribution in [-0.4, -0.2) is 43.0 Å². The van der Waals surface area contributed by atoms with Crippen molar-refractivity contribution >= 4 is 11.9 Å². The number of amides is 3. The van der Waals surface area contributed by atoms with E-state index >= 15 is 0 Å². The molecule has 0 radical (unpaired) electrons. The fourth-order valence-corrected chi connectivity index (χ4v) is 4.64. The molecule has 0 bridgehead atoms. The molecule has 2 N–H and O–H groups in total. The number of likely N-dealkylation sites (tertiary alicyclic amines) is 1. The minimum absolute atomic E-state index is 0.0288. The van der Waals surface area contributed by atoms with Crippen LogP contribution >= 0.6 is 0 Å². The van der Waals surface area contributed by atoms with Crippen LogP contribution in [-0.2, 0) is 4.79 Å². The lowest BCUT2D eigenvalue weighted by Crippen LogP contribution is -2.48. The third-order valence-electron chi connectivity index (χ3n) is 6.67. The fraction of sp³-hybridized carbons (Fsp3) is 0.913. The number of hydrogen-bond acceptors (Lipinski definition) is 3. The van der Waals surface area contributed by atoms with Crippen molar-refractivity contribution in [2.75, 3.05) is 26.2 Å². The van der Waals surface area contributed by atoms with E-state index < -0.39 is 0 Å². The van der Waals surface area contributed by atoms with Crippen molar-refractivity contribution in [3.8, 4) is 0 Å². The Hall–Kier alpha value is -1.10. The Labute approximate surface area is 172 Å². The van der Waals surface area contributed by atoms with Gasteiger partial charge in [0.15, 0.2) is 0 Å². The predicted octanol–water partition coefficient (Wildman–Crippen LogP) is 4.57. The Morgan fingerprint density at radius 3 is 2.14 bits per heavy atom. The number of carbonyl (C=O) groups is 2. The van der Waals surface area contributed by atoms with Gasteiger partial charge < -0.3 is 10.2 Å². The van der Waals surface area contributed by atoms with Crippen molar-refractivity contribution < 1.29 is 9.59 Å². The zero-order valence-corrected chi connectivity index (χ0v) is 18.5. The number of urea groups is 1. The molecular formula is C23H43N3O2. The SMILES string of the molecule is CCC[C@@H](CCC(C)C)C(=O)NC(=O)N1CCC(CCC2CCNCC2)CC1. The molecule has 2 rings (SSSR count). The van der Waals surface area contributed by atoms with Gasteiger partial charge in [0.1, 0.15) is 0 Å². The first-order chi connectivity index (χ1) is 13.5. The summed E-state index contributed by atoms with van der Waals surface area (Å²) in [6.45, 7) is 10.4. The van der Waals surface area contributed by atoms with Crippen molar-refractivity contribution in [1.82, 2.24) is 15.5 Å². The summed E-state index contributed by atoms with van der Waals surface area (Å²) in [6, 6.07) is -0.174. The average molecular weight is 394 g/mol.